The van der Waals surface area contributed by atoms with Crippen molar-refractivity contribution in [2.75, 3.05) is 7.11 Å². The summed E-state index contributed by atoms with van der Waals surface area (Å²) in [6.45, 7) is 1.80. The molecule has 0 saturated heterocycles. The zero-order valence-electron chi connectivity index (χ0n) is 15.2. The minimum Gasteiger partial charge on any atom is -0.493 e. The van der Waals surface area contributed by atoms with Crippen molar-refractivity contribution in [2.45, 2.75) is 13.5 Å². The molecule has 28 heavy (non-hydrogen) atoms. The summed E-state index contributed by atoms with van der Waals surface area (Å²) in [6, 6.07) is 13.6. The summed E-state index contributed by atoms with van der Waals surface area (Å²) in [6.07, 6.45) is 1.72. The van der Waals surface area contributed by atoms with Gasteiger partial charge in [0.2, 0.25) is 5.91 Å². The van der Waals surface area contributed by atoms with Gasteiger partial charge in [0.15, 0.2) is 16.7 Å². The highest BCUT2D eigenvalue weighted by molar-refractivity contribution is 14.1. The number of methoxy groups -OCH3 is 1. The average molecular weight is 508 g/mol. The Morgan fingerprint density at radius 1 is 1.29 bits per heavy atom. The fourth-order valence-corrected chi connectivity index (χ4v) is 4.10. The molecule has 1 aliphatic heterocycles. The minimum atomic E-state index is -0.382. The molecule has 3 rings (SSSR count). The number of hydrogen-bond donors (Lipinski definition) is 1. The third-order valence-electron chi connectivity index (χ3n) is 3.68. The van der Waals surface area contributed by atoms with E-state index in [9.17, 15) is 9.59 Å². The van der Waals surface area contributed by atoms with Crippen molar-refractivity contribution in [3.63, 3.8) is 0 Å². The third-order valence-corrected chi connectivity index (χ3v) is 5.38. The molecule has 0 spiro atoms. The Kier molecular flexibility index (Phi) is 6.74. The van der Waals surface area contributed by atoms with Gasteiger partial charge >= 0.3 is 0 Å². The highest BCUT2D eigenvalue weighted by atomic mass is 127. The lowest BCUT2D eigenvalue weighted by Gasteiger charge is -2.14. The zero-order valence-corrected chi connectivity index (χ0v) is 18.2. The van der Waals surface area contributed by atoms with E-state index in [2.05, 4.69) is 32.9 Å². The van der Waals surface area contributed by atoms with Gasteiger partial charge in [0.1, 0.15) is 6.61 Å². The summed E-state index contributed by atoms with van der Waals surface area (Å²) >= 11 is 3.31. The van der Waals surface area contributed by atoms with Crippen LogP contribution in [-0.4, -0.2) is 24.1 Å². The number of nitrogens with zero attached hydrogens (tertiary/aromatic N) is 1. The van der Waals surface area contributed by atoms with Crippen LogP contribution in [0, 0.1) is 3.57 Å². The maximum Gasteiger partial charge on any atom is 0.286 e. The molecule has 0 aliphatic carbocycles. The number of thioether (sulfide) groups is 1. The van der Waals surface area contributed by atoms with Crippen molar-refractivity contribution in [2.24, 2.45) is 4.99 Å². The van der Waals surface area contributed by atoms with E-state index in [4.69, 9.17) is 9.47 Å². The van der Waals surface area contributed by atoms with Crippen molar-refractivity contribution in [3.8, 4) is 11.5 Å². The van der Waals surface area contributed by atoms with E-state index in [-0.39, 0.29) is 17.0 Å². The molecular formula is C20H17IN2O4S. The van der Waals surface area contributed by atoms with Crippen LogP contribution in [0.1, 0.15) is 18.1 Å². The quantitative estimate of drug-likeness (QED) is 0.489. The van der Waals surface area contributed by atoms with Gasteiger partial charge in [0.25, 0.3) is 5.91 Å². The number of rotatable bonds is 5. The Bertz CT molecular complexity index is 974. The standard InChI is InChI=1S/C20H17IN2O4S/c1-12(24)22-20-23-19(25)17(28-20)10-14-8-15(21)18(16(9-14)26-2)27-11-13-6-4-3-5-7-13/h3-10H,11H2,1-2H3,(H,22,23,24,25)/b17-10+. The monoisotopic (exact) mass is 508 g/mol. The first-order valence-electron chi connectivity index (χ1n) is 8.30. The largest absolute Gasteiger partial charge is 0.493 e. The fraction of sp³-hybridized carbons (Fsp3) is 0.150. The normalized spacial score (nSPS) is 14.8. The third kappa shape index (κ3) is 5.14. The lowest BCUT2D eigenvalue weighted by Crippen LogP contribution is -2.23. The average Bonchev–Trinajstić information content (AvgIpc) is 2.99. The lowest BCUT2D eigenvalue weighted by atomic mass is 10.2. The van der Waals surface area contributed by atoms with Crippen LogP contribution in [0.15, 0.2) is 52.4 Å². The van der Waals surface area contributed by atoms with Gasteiger partial charge in [-0.2, -0.15) is 4.99 Å². The Balaban J connectivity index is 1.80. The van der Waals surface area contributed by atoms with Crippen LogP contribution in [0.4, 0.5) is 0 Å². The predicted molar refractivity (Wildman–Crippen MR) is 118 cm³/mol. The smallest absolute Gasteiger partial charge is 0.286 e. The molecule has 1 heterocycles. The second-order valence-electron chi connectivity index (χ2n) is 5.82. The summed E-state index contributed by atoms with van der Waals surface area (Å²) < 4.78 is 12.3. The molecule has 2 aromatic carbocycles. The number of carbonyl (C=O) groups excluding carboxylic acids is 2. The van der Waals surface area contributed by atoms with Crippen molar-refractivity contribution in [1.82, 2.24) is 5.32 Å². The van der Waals surface area contributed by atoms with Crippen molar-refractivity contribution in [3.05, 3.63) is 62.1 Å². The topological polar surface area (TPSA) is 77.0 Å². The number of ether oxygens (including phenoxy) is 2. The van der Waals surface area contributed by atoms with Crippen LogP contribution in [0.5, 0.6) is 11.5 Å². The van der Waals surface area contributed by atoms with Crippen molar-refractivity contribution in [1.29, 1.82) is 0 Å². The van der Waals surface area contributed by atoms with Crippen molar-refractivity contribution < 1.29 is 19.1 Å². The number of nitrogens with one attached hydrogen (secondary N) is 1. The number of hydrogen-bond acceptors (Lipinski definition) is 5. The van der Waals surface area contributed by atoms with E-state index in [0.29, 0.717) is 23.0 Å². The zero-order chi connectivity index (χ0) is 20.1. The van der Waals surface area contributed by atoms with Crippen LogP contribution < -0.4 is 14.8 Å². The number of aliphatic imine (C=N–C) groups is 1. The highest BCUT2D eigenvalue weighted by Crippen LogP contribution is 2.36. The SMILES string of the molecule is COc1cc(/C=C2/SC(NC(C)=O)=NC2=O)cc(I)c1OCc1ccccc1. The first-order valence-corrected chi connectivity index (χ1v) is 10.2. The summed E-state index contributed by atoms with van der Waals surface area (Å²) in [5.41, 5.74) is 1.84. The van der Waals surface area contributed by atoms with E-state index in [1.54, 1.807) is 19.3 Å². The fourth-order valence-electron chi connectivity index (χ4n) is 2.46. The second-order valence-corrected chi connectivity index (χ2v) is 8.02. The van der Waals surface area contributed by atoms with Gasteiger partial charge in [-0.1, -0.05) is 30.3 Å². The maximum atomic E-state index is 12.1. The van der Waals surface area contributed by atoms with E-state index in [0.717, 1.165) is 26.5 Å². The van der Waals surface area contributed by atoms with Crippen LogP contribution in [0.25, 0.3) is 6.08 Å². The van der Waals surface area contributed by atoms with E-state index in [1.165, 1.54) is 6.92 Å². The number of halogens is 1. The number of carbonyl (C=O) groups is 2. The molecule has 0 fully saturated rings. The summed E-state index contributed by atoms with van der Waals surface area (Å²) in [4.78, 5) is 27.4. The molecule has 0 aromatic heterocycles. The van der Waals surface area contributed by atoms with Crippen LogP contribution in [0.3, 0.4) is 0 Å². The molecule has 1 aliphatic rings. The van der Waals surface area contributed by atoms with E-state index >= 15 is 0 Å². The molecule has 0 bridgehead atoms. The predicted octanol–water partition coefficient (Wildman–Crippen LogP) is 3.99. The Morgan fingerprint density at radius 2 is 2.04 bits per heavy atom. The molecule has 2 aromatic rings. The number of amidine groups is 1. The minimum absolute atomic E-state index is 0.267. The van der Waals surface area contributed by atoms with Gasteiger partial charge in [0.05, 0.1) is 15.6 Å². The Labute approximate surface area is 180 Å². The molecule has 1 N–H and O–H groups in total. The molecule has 0 atom stereocenters. The van der Waals surface area contributed by atoms with Gasteiger partial charge < -0.3 is 14.8 Å². The second kappa shape index (κ2) is 9.24. The Hall–Kier alpha value is -2.33. The van der Waals surface area contributed by atoms with Crippen LogP contribution >= 0.6 is 34.4 Å². The van der Waals surface area contributed by atoms with Crippen molar-refractivity contribution >= 4 is 57.4 Å². The highest BCUT2D eigenvalue weighted by Gasteiger charge is 2.23. The van der Waals surface area contributed by atoms with Crippen LogP contribution in [0.2, 0.25) is 0 Å². The van der Waals surface area contributed by atoms with E-state index in [1.807, 2.05) is 36.4 Å². The molecule has 0 unspecified atom stereocenters. The van der Waals surface area contributed by atoms with Gasteiger partial charge in [-0.25, -0.2) is 0 Å². The molecule has 2 amide bonds. The number of benzene rings is 2. The van der Waals surface area contributed by atoms with Gasteiger partial charge in [-0.15, -0.1) is 0 Å². The van der Waals surface area contributed by atoms with Crippen LogP contribution in [-0.2, 0) is 16.2 Å². The maximum absolute atomic E-state index is 12.1. The number of amides is 2. The summed E-state index contributed by atoms with van der Waals surface area (Å²) in [7, 11) is 1.57. The van der Waals surface area contributed by atoms with Gasteiger partial charge in [-0.3, -0.25) is 9.59 Å². The van der Waals surface area contributed by atoms with E-state index < -0.39 is 0 Å². The molecule has 0 radical (unpaired) electrons. The Morgan fingerprint density at radius 3 is 2.71 bits per heavy atom. The first-order chi connectivity index (χ1) is 13.5. The first kappa shape index (κ1) is 20.4. The lowest BCUT2D eigenvalue weighted by molar-refractivity contribution is -0.117. The molecule has 144 valence electrons. The molecular weight excluding hydrogens is 491 g/mol. The summed E-state index contributed by atoms with van der Waals surface area (Å²) in [5.74, 6) is 0.575. The van der Waals surface area contributed by atoms with Gasteiger partial charge in [-0.05, 0) is 63.7 Å². The molecule has 6 nitrogen and oxygen atoms in total. The molecule has 8 heteroatoms. The molecule has 0 saturated carbocycles. The van der Waals surface area contributed by atoms with Gasteiger partial charge in [0, 0.05) is 6.92 Å². The summed E-state index contributed by atoms with van der Waals surface area (Å²) in [5, 5.41) is 2.81.